The molecule has 0 radical (unpaired) electrons. The summed E-state index contributed by atoms with van der Waals surface area (Å²) in [5.41, 5.74) is 5.30. The fourth-order valence-corrected chi connectivity index (χ4v) is 0.704. The SMILES string of the molecule is CCCC(=O)Nc1nonc1N. The molecule has 0 aliphatic carbocycles. The van der Waals surface area contributed by atoms with Crippen LogP contribution in [0.3, 0.4) is 0 Å². The molecule has 0 saturated carbocycles. The molecule has 66 valence electrons. The molecule has 3 N–H and O–H groups in total. The number of aromatic nitrogens is 2. The van der Waals surface area contributed by atoms with Crippen LogP contribution in [0.25, 0.3) is 0 Å². The van der Waals surface area contributed by atoms with E-state index in [9.17, 15) is 4.79 Å². The molecule has 0 aromatic carbocycles. The first kappa shape index (κ1) is 8.51. The molecule has 0 bridgehead atoms. The van der Waals surface area contributed by atoms with Gasteiger partial charge in [0.25, 0.3) is 0 Å². The van der Waals surface area contributed by atoms with Crippen molar-refractivity contribution in [3.8, 4) is 0 Å². The maximum absolute atomic E-state index is 11.0. The van der Waals surface area contributed by atoms with Gasteiger partial charge in [0.15, 0.2) is 0 Å². The van der Waals surface area contributed by atoms with E-state index in [-0.39, 0.29) is 17.5 Å². The van der Waals surface area contributed by atoms with Crippen LogP contribution in [0.5, 0.6) is 0 Å². The molecule has 1 amide bonds. The first-order valence-electron chi connectivity index (χ1n) is 3.62. The van der Waals surface area contributed by atoms with Gasteiger partial charge in [0.05, 0.1) is 0 Å². The minimum atomic E-state index is -0.139. The summed E-state index contributed by atoms with van der Waals surface area (Å²) >= 11 is 0. The highest BCUT2D eigenvalue weighted by molar-refractivity contribution is 5.91. The Labute approximate surface area is 69.1 Å². The number of nitrogen functional groups attached to an aromatic ring is 1. The van der Waals surface area contributed by atoms with Gasteiger partial charge in [-0.1, -0.05) is 6.92 Å². The molecule has 1 aromatic heterocycles. The van der Waals surface area contributed by atoms with E-state index in [4.69, 9.17) is 5.73 Å². The lowest BCUT2D eigenvalue weighted by Gasteiger charge is -1.97. The summed E-state index contributed by atoms with van der Waals surface area (Å²) in [5, 5.41) is 9.16. The van der Waals surface area contributed by atoms with Crippen molar-refractivity contribution in [3.05, 3.63) is 0 Å². The van der Waals surface area contributed by atoms with E-state index < -0.39 is 0 Å². The van der Waals surface area contributed by atoms with Crippen molar-refractivity contribution in [1.82, 2.24) is 10.3 Å². The zero-order chi connectivity index (χ0) is 8.97. The van der Waals surface area contributed by atoms with E-state index in [1.807, 2.05) is 6.92 Å². The second kappa shape index (κ2) is 3.70. The van der Waals surface area contributed by atoms with Crippen LogP contribution in [-0.4, -0.2) is 16.2 Å². The number of nitrogens with one attached hydrogen (secondary N) is 1. The Morgan fingerprint density at radius 3 is 2.92 bits per heavy atom. The van der Waals surface area contributed by atoms with Crippen molar-refractivity contribution in [2.24, 2.45) is 0 Å². The number of rotatable bonds is 3. The third kappa shape index (κ3) is 1.94. The van der Waals surface area contributed by atoms with Crippen molar-refractivity contribution in [3.63, 3.8) is 0 Å². The first-order valence-corrected chi connectivity index (χ1v) is 3.62. The third-order valence-electron chi connectivity index (χ3n) is 1.25. The molecule has 1 rings (SSSR count). The Bertz CT molecular complexity index is 270. The lowest BCUT2D eigenvalue weighted by atomic mass is 10.3. The molecule has 1 aromatic rings. The normalized spacial score (nSPS) is 9.75. The average Bonchev–Trinajstić information content (AvgIpc) is 2.37. The van der Waals surface area contributed by atoms with E-state index in [0.717, 1.165) is 6.42 Å². The number of hydrogen-bond acceptors (Lipinski definition) is 5. The van der Waals surface area contributed by atoms with Gasteiger partial charge in [-0.15, -0.1) is 0 Å². The molecule has 6 nitrogen and oxygen atoms in total. The number of amides is 1. The smallest absolute Gasteiger partial charge is 0.225 e. The second-order valence-electron chi connectivity index (χ2n) is 2.30. The van der Waals surface area contributed by atoms with Crippen LogP contribution >= 0.6 is 0 Å². The summed E-state index contributed by atoms with van der Waals surface area (Å²) in [5.74, 6) is 0.146. The van der Waals surface area contributed by atoms with Crippen molar-refractivity contribution in [1.29, 1.82) is 0 Å². The Kier molecular flexibility index (Phi) is 2.62. The van der Waals surface area contributed by atoms with Crippen LogP contribution < -0.4 is 11.1 Å². The van der Waals surface area contributed by atoms with E-state index in [2.05, 4.69) is 20.3 Å². The van der Waals surface area contributed by atoms with E-state index in [0.29, 0.717) is 6.42 Å². The summed E-state index contributed by atoms with van der Waals surface area (Å²) in [6, 6.07) is 0. The molecular formula is C6H10N4O2. The van der Waals surface area contributed by atoms with Crippen LogP contribution in [0.1, 0.15) is 19.8 Å². The number of nitrogens with zero attached hydrogens (tertiary/aromatic N) is 2. The highest BCUT2D eigenvalue weighted by Gasteiger charge is 2.08. The summed E-state index contributed by atoms with van der Waals surface area (Å²) < 4.78 is 4.28. The van der Waals surface area contributed by atoms with Gasteiger partial charge < -0.3 is 11.1 Å². The van der Waals surface area contributed by atoms with Gasteiger partial charge in [-0.2, -0.15) is 0 Å². The number of carbonyl (C=O) groups is 1. The predicted molar refractivity (Wildman–Crippen MR) is 42.2 cm³/mol. The molecule has 0 unspecified atom stereocenters. The van der Waals surface area contributed by atoms with Gasteiger partial charge in [0, 0.05) is 6.42 Å². The van der Waals surface area contributed by atoms with Crippen LogP contribution in [-0.2, 0) is 4.79 Å². The largest absolute Gasteiger partial charge is 0.378 e. The number of nitrogens with two attached hydrogens (primary N) is 1. The summed E-state index contributed by atoms with van der Waals surface area (Å²) in [6.45, 7) is 1.91. The quantitative estimate of drug-likeness (QED) is 0.684. The van der Waals surface area contributed by atoms with Crippen molar-refractivity contribution < 1.29 is 9.42 Å². The zero-order valence-electron chi connectivity index (χ0n) is 6.70. The van der Waals surface area contributed by atoms with Gasteiger partial charge in [-0.05, 0) is 16.7 Å². The lowest BCUT2D eigenvalue weighted by Crippen LogP contribution is -2.12. The number of hydrogen-bond donors (Lipinski definition) is 2. The molecule has 1 heterocycles. The number of anilines is 2. The van der Waals surface area contributed by atoms with Crippen molar-refractivity contribution >= 4 is 17.5 Å². The van der Waals surface area contributed by atoms with Gasteiger partial charge in [0.1, 0.15) is 0 Å². The Balaban J connectivity index is 2.52. The fraction of sp³-hybridized carbons (Fsp3) is 0.500. The molecule has 6 heteroatoms. The van der Waals surface area contributed by atoms with Gasteiger partial charge in [-0.25, -0.2) is 4.63 Å². The van der Waals surface area contributed by atoms with E-state index >= 15 is 0 Å². The molecule has 0 fully saturated rings. The van der Waals surface area contributed by atoms with Crippen molar-refractivity contribution in [2.75, 3.05) is 11.1 Å². The highest BCUT2D eigenvalue weighted by Crippen LogP contribution is 2.10. The standard InChI is InChI=1S/C6H10N4O2/c1-2-3-4(11)8-6-5(7)9-12-10-6/h2-3H2,1H3,(H2,7,9)(H,8,10,11). The third-order valence-corrected chi connectivity index (χ3v) is 1.25. The minimum absolute atomic E-state index is 0.0967. The van der Waals surface area contributed by atoms with Crippen LogP contribution in [0.2, 0.25) is 0 Å². The number of carbonyl (C=O) groups excluding carboxylic acids is 1. The molecule has 0 aliphatic rings. The van der Waals surface area contributed by atoms with Gasteiger partial charge in [0.2, 0.25) is 17.5 Å². The summed E-state index contributed by atoms with van der Waals surface area (Å²) in [7, 11) is 0. The maximum Gasteiger partial charge on any atom is 0.225 e. The van der Waals surface area contributed by atoms with Crippen LogP contribution in [0.15, 0.2) is 4.63 Å². The second-order valence-corrected chi connectivity index (χ2v) is 2.30. The Morgan fingerprint density at radius 1 is 1.67 bits per heavy atom. The average molecular weight is 170 g/mol. The summed E-state index contributed by atoms with van der Waals surface area (Å²) in [6.07, 6.45) is 1.21. The minimum Gasteiger partial charge on any atom is -0.378 e. The maximum atomic E-state index is 11.0. The lowest BCUT2D eigenvalue weighted by molar-refractivity contribution is -0.116. The van der Waals surface area contributed by atoms with E-state index in [1.165, 1.54) is 0 Å². The summed E-state index contributed by atoms with van der Waals surface area (Å²) in [4.78, 5) is 11.0. The molecular weight excluding hydrogens is 160 g/mol. The van der Waals surface area contributed by atoms with Gasteiger partial charge in [-0.3, -0.25) is 4.79 Å². The molecule has 12 heavy (non-hydrogen) atoms. The fourth-order valence-electron chi connectivity index (χ4n) is 0.704. The van der Waals surface area contributed by atoms with E-state index in [1.54, 1.807) is 0 Å². The van der Waals surface area contributed by atoms with Crippen molar-refractivity contribution in [2.45, 2.75) is 19.8 Å². The Morgan fingerprint density at radius 2 is 2.42 bits per heavy atom. The first-order chi connectivity index (χ1) is 5.74. The molecule has 0 spiro atoms. The molecule has 0 aliphatic heterocycles. The monoisotopic (exact) mass is 170 g/mol. The molecule has 0 atom stereocenters. The molecule has 0 saturated heterocycles. The topological polar surface area (TPSA) is 94.0 Å². The van der Waals surface area contributed by atoms with Crippen LogP contribution in [0, 0.1) is 0 Å². The highest BCUT2D eigenvalue weighted by atomic mass is 16.6. The zero-order valence-corrected chi connectivity index (χ0v) is 6.70. The van der Waals surface area contributed by atoms with Crippen LogP contribution in [0.4, 0.5) is 11.6 Å². The Hall–Kier alpha value is -1.59. The van der Waals surface area contributed by atoms with Gasteiger partial charge >= 0.3 is 0 Å². The predicted octanol–water partition coefficient (Wildman–Crippen LogP) is 0.390.